The summed E-state index contributed by atoms with van der Waals surface area (Å²) in [6.45, 7) is 0. The van der Waals surface area contributed by atoms with Crippen molar-refractivity contribution in [2.45, 2.75) is 0 Å². The summed E-state index contributed by atoms with van der Waals surface area (Å²) in [7, 11) is 0. The normalized spacial score (nSPS) is 10.7. The molecule has 7 nitrogen and oxygen atoms in total. The average molecular weight is 491 g/mol. The van der Waals surface area contributed by atoms with Crippen molar-refractivity contribution >= 4 is 68.3 Å². The summed E-state index contributed by atoms with van der Waals surface area (Å²) in [5, 5.41) is 16.4. The number of nitrogens with zero attached hydrogens (tertiary/aromatic N) is 3. The third-order valence-electron chi connectivity index (χ3n) is 3.38. The maximum Gasteiger partial charge on any atom is 0.337 e. The number of amides is 1. The Labute approximate surface area is 176 Å². The number of nitrogens with one attached hydrogen (secondary N) is 1. The second-order valence-corrected chi connectivity index (χ2v) is 7.21. The molecule has 0 saturated carbocycles. The van der Waals surface area contributed by atoms with Crippen molar-refractivity contribution in [3.63, 3.8) is 0 Å². The molecule has 1 amide bonds. The molecule has 0 saturated heterocycles. The number of carbonyl (C=O) groups is 2. The van der Waals surface area contributed by atoms with Gasteiger partial charge < -0.3 is 10.4 Å². The quantitative estimate of drug-likeness (QED) is 0.540. The van der Waals surface area contributed by atoms with E-state index in [1.807, 2.05) is 0 Å². The topological polar surface area (TPSA) is 97.1 Å². The molecular weight excluding hydrogens is 482 g/mol. The molecule has 0 bridgehead atoms. The van der Waals surface area contributed by atoms with Gasteiger partial charge in [0, 0.05) is 17.3 Å². The number of pyridine rings is 1. The van der Waals surface area contributed by atoms with Crippen LogP contribution < -0.4 is 5.32 Å². The molecule has 3 aromatic rings. The highest BCUT2D eigenvalue weighted by atomic mass is 79.9. The first-order valence-electron chi connectivity index (χ1n) is 7.18. The molecule has 27 heavy (non-hydrogen) atoms. The first-order valence-corrected chi connectivity index (χ1v) is 9.10. The minimum atomic E-state index is -1.29. The van der Waals surface area contributed by atoms with E-state index in [4.69, 9.17) is 34.8 Å². The van der Waals surface area contributed by atoms with Gasteiger partial charge in [-0.15, -0.1) is 0 Å². The SMILES string of the molecule is O=C(O)c1cc(Cl)cc(Cl)c1NC(=O)c1cc(Br)nn1-c1ncccc1Cl. The number of hydrogen-bond acceptors (Lipinski definition) is 4. The van der Waals surface area contributed by atoms with Crippen LogP contribution in [0, 0.1) is 0 Å². The Morgan fingerprint density at radius 2 is 1.89 bits per heavy atom. The van der Waals surface area contributed by atoms with E-state index in [1.54, 1.807) is 12.1 Å². The largest absolute Gasteiger partial charge is 0.478 e. The number of carboxylic acid groups (broad SMARTS) is 1. The lowest BCUT2D eigenvalue weighted by Gasteiger charge is -2.12. The molecule has 0 aliphatic heterocycles. The van der Waals surface area contributed by atoms with Gasteiger partial charge in [-0.25, -0.2) is 14.5 Å². The van der Waals surface area contributed by atoms with Gasteiger partial charge in [-0.2, -0.15) is 5.10 Å². The van der Waals surface area contributed by atoms with Crippen LogP contribution in [0.15, 0.2) is 41.1 Å². The van der Waals surface area contributed by atoms with Crippen LogP contribution >= 0.6 is 50.7 Å². The first-order chi connectivity index (χ1) is 12.8. The number of carboxylic acids is 1. The molecule has 11 heteroatoms. The fraction of sp³-hybridized carbons (Fsp3) is 0. The van der Waals surface area contributed by atoms with Crippen molar-refractivity contribution < 1.29 is 14.7 Å². The predicted molar refractivity (Wildman–Crippen MR) is 105 cm³/mol. The molecule has 0 spiro atoms. The van der Waals surface area contributed by atoms with Crippen LogP contribution in [0.2, 0.25) is 15.1 Å². The van der Waals surface area contributed by atoms with Crippen LogP contribution in [0.25, 0.3) is 5.82 Å². The third-order valence-corrected chi connectivity index (χ3v) is 4.57. The molecule has 0 aliphatic carbocycles. The zero-order valence-electron chi connectivity index (χ0n) is 13.1. The molecule has 2 aromatic heterocycles. The van der Waals surface area contributed by atoms with E-state index in [1.165, 1.54) is 29.1 Å². The van der Waals surface area contributed by atoms with E-state index in [-0.39, 0.29) is 37.8 Å². The van der Waals surface area contributed by atoms with Gasteiger partial charge in [0.2, 0.25) is 0 Å². The van der Waals surface area contributed by atoms with Gasteiger partial charge in [0.05, 0.1) is 21.3 Å². The second-order valence-electron chi connectivity index (χ2n) is 5.14. The second kappa shape index (κ2) is 7.85. The van der Waals surface area contributed by atoms with Gasteiger partial charge >= 0.3 is 5.97 Å². The first kappa shape index (κ1) is 19.6. The summed E-state index contributed by atoms with van der Waals surface area (Å²) in [6, 6.07) is 7.18. The molecule has 0 atom stereocenters. The molecule has 0 fully saturated rings. The number of anilines is 1. The standard InChI is InChI=1S/C16H8BrCl3N4O3/c17-12-6-11(24(23-12)14-9(19)2-1-3-21-14)15(25)22-13-8(16(26)27)4-7(18)5-10(13)20/h1-6H,(H,22,25)(H,26,27). The van der Waals surface area contributed by atoms with E-state index in [9.17, 15) is 14.7 Å². The van der Waals surface area contributed by atoms with Crippen LogP contribution in [0.3, 0.4) is 0 Å². The van der Waals surface area contributed by atoms with Crippen molar-refractivity contribution in [3.8, 4) is 5.82 Å². The maximum absolute atomic E-state index is 12.8. The van der Waals surface area contributed by atoms with E-state index in [0.29, 0.717) is 4.60 Å². The van der Waals surface area contributed by atoms with Crippen LogP contribution in [0.5, 0.6) is 0 Å². The molecule has 3 rings (SSSR count). The third kappa shape index (κ3) is 4.08. The highest BCUT2D eigenvalue weighted by Crippen LogP contribution is 2.31. The number of benzene rings is 1. The molecule has 0 aliphatic rings. The van der Waals surface area contributed by atoms with Gasteiger partial charge in [-0.05, 0) is 40.2 Å². The summed E-state index contributed by atoms with van der Waals surface area (Å²) in [6.07, 6.45) is 1.50. The molecule has 0 radical (unpaired) electrons. The average Bonchev–Trinajstić information content (AvgIpc) is 2.99. The van der Waals surface area contributed by atoms with Crippen molar-refractivity contribution in [1.82, 2.24) is 14.8 Å². The number of hydrogen-bond donors (Lipinski definition) is 2. The lowest BCUT2D eigenvalue weighted by atomic mass is 10.1. The predicted octanol–water partition coefficient (Wildman–Crippen LogP) is 4.94. The lowest BCUT2D eigenvalue weighted by molar-refractivity contribution is 0.0698. The van der Waals surface area contributed by atoms with Crippen LogP contribution in [0.1, 0.15) is 20.8 Å². The summed E-state index contributed by atoms with van der Waals surface area (Å²) >= 11 is 21.2. The zero-order chi connectivity index (χ0) is 19.7. The Balaban J connectivity index is 2.05. The zero-order valence-corrected chi connectivity index (χ0v) is 16.9. The number of aromatic carboxylic acids is 1. The maximum atomic E-state index is 12.8. The lowest BCUT2D eigenvalue weighted by Crippen LogP contribution is -2.19. The van der Waals surface area contributed by atoms with E-state index in [0.717, 1.165) is 0 Å². The van der Waals surface area contributed by atoms with Gasteiger partial charge in [0.25, 0.3) is 5.91 Å². The molecule has 0 unspecified atom stereocenters. The van der Waals surface area contributed by atoms with E-state index < -0.39 is 11.9 Å². The summed E-state index contributed by atoms with van der Waals surface area (Å²) < 4.78 is 1.58. The number of carbonyl (C=O) groups excluding carboxylic acids is 1. The molecule has 2 N–H and O–H groups in total. The number of rotatable bonds is 4. The fourth-order valence-corrected chi connectivity index (χ4v) is 3.37. The Morgan fingerprint density at radius 1 is 1.15 bits per heavy atom. The van der Waals surface area contributed by atoms with Crippen molar-refractivity contribution in [2.75, 3.05) is 5.32 Å². The van der Waals surface area contributed by atoms with Gasteiger partial charge in [0.1, 0.15) is 10.3 Å². The molecule has 138 valence electrons. The minimum absolute atomic E-state index is 0.0192. The molecule has 1 aromatic carbocycles. The Morgan fingerprint density at radius 3 is 2.56 bits per heavy atom. The fourth-order valence-electron chi connectivity index (χ4n) is 2.26. The Bertz CT molecular complexity index is 1070. The Kier molecular flexibility index (Phi) is 5.71. The highest BCUT2D eigenvalue weighted by Gasteiger charge is 2.22. The monoisotopic (exact) mass is 488 g/mol. The van der Waals surface area contributed by atoms with Gasteiger partial charge in [-0.1, -0.05) is 34.8 Å². The van der Waals surface area contributed by atoms with Crippen molar-refractivity contribution in [3.05, 3.63) is 67.5 Å². The molecular formula is C16H8BrCl3N4O3. The summed E-state index contributed by atoms with van der Waals surface area (Å²) in [5.74, 6) is -1.73. The van der Waals surface area contributed by atoms with E-state index >= 15 is 0 Å². The summed E-state index contributed by atoms with van der Waals surface area (Å²) in [4.78, 5) is 28.4. The molecule has 2 heterocycles. The van der Waals surface area contributed by atoms with Crippen molar-refractivity contribution in [2.24, 2.45) is 0 Å². The van der Waals surface area contributed by atoms with Crippen LogP contribution in [-0.2, 0) is 0 Å². The van der Waals surface area contributed by atoms with Crippen molar-refractivity contribution in [1.29, 1.82) is 0 Å². The Hall–Kier alpha value is -2.13. The van der Waals surface area contributed by atoms with Gasteiger partial charge in [-0.3, -0.25) is 4.79 Å². The van der Waals surface area contributed by atoms with Crippen LogP contribution in [0.4, 0.5) is 5.69 Å². The smallest absolute Gasteiger partial charge is 0.337 e. The minimum Gasteiger partial charge on any atom is -0.478 e. The number of halogens is 4. The highest BCUT2D eigenvalue weighted by molar-refractivity contribution is 9.10. The van der Waals surface area contributed by atoms with E-state index in [2.05, 4.69) is 31.3 Å². The van der Waals surface area contributed by atoms with Crippen LogP contribution in [-0.4, -0.2) is 31.7 Å². The number of aromatic nitrogens is 3. The summed E-state index contributed by atoms with van der Waals surface area (Å²) in [5.41, 5.74) is -0.277. The van der Waals surface area contributed by atoms with Gasteiger partial charge in [0.15, 0.2) is 5.82 Å².